The number of H-pyrrole nitrogens is 1. The van der Waals surface area contributed by atoms with Gasteiger partial charge in [0.25, 0.3) is 11.5 Å². The minimum absolute atomic E-state index is 0.161. The third kappa shape index (κ3) is 5.41. The van der Waals surface area contributed by atoms with Crippen LogP contribution in [-0.2, 0) is 9.59 Å². The van der Waals surface area contributed by atoms with Crippen molar-refractivity contribution in [3.05, 3.63) is 76.7 Å². The first-order valence-corrected chi connectivity index (χ1v) is 9.39. The van der Waals surface area contributed by atoms with Crippen molar-refractivity contribution in [2.75, 3.05) is 17.3 Å². The number of carboxylic acids is 1. The summed E-state index contributed by atoms with van der Waals surface area (Å²) in [6.07, 6.45) is 0.464. The van der Waals surface area contributed by atoms with E-state index < -0.39 is 23.3 Å². The second kappa shape index (κ2) is 9.49. The Kier molecular flexibility index (Phi) is 6.56. The van der Waals surface area contributed by atoms with Gasteiger partial charge >= 0.3 is 5.97 Å². The van der Waals surface area contributed by atoms with Gasteiger partial charge < -0.3 is 10.0 Å². The zero-order valence-electron chi connectivity index (χ0n) is 16.7. The third-order valence-corrected chi connectivity index (χ3v) is 4.50. The van der Waals surface area contributed by atoms with Crippen molar-refractivity contribution in [1.82, 2.24) is 9.97 Å². The smallest absolute Gasteiger partial charge is 0.303 e. The van der Waals surface area contributed by atoms with Gasteiger partial charge in [-0.2, -0.15) is 0 Å². The Labute approximate surface area is 177 Å². The van der Waals surface area contributed by atoms with E-state index in [1.807, 2.05) is 48.5 Å². The monoisotopic (exact) mass is 420 g/mol. The molecule has 0 fully saturated rings. The van der Waals surface area contributed by atoms with E-state index in [9.17, 15) is 19.2 Å². The Morgan fingerprint density at radius 3 is 2.42 bits per heavy atom. The summed E-state index contributed by atoms with van der Waals surface area (Å²) in [6.45, 7) is 0. The molecule has 31 heavy (non-hydrogen) atoms. The molecule has 2 amide bonds. The maximum atomic E-state index is 12.8. The zero-order chi connectivity index (χ0) is 22.4. The molecule has 2 aromatic carbocycles. The molecule has 158 valence electrons. The number of nitrogens with one attached hydrogen (secondary N) is 2. The summed E-state index contributed by atoms with van der Waals surface area (Å²) < 4.78 is 0. The average Bonchev–Trinajstić information content (AvgIpc) is 2.77. The SMILES string of the molecule is CN(C(=O)c1cnc(NC(=O)CCC(=O)O)[nH]c1=O)c1cccc(-c2ccccc2)c1. The molecule has 1 aromatic heterocycles. The van der Waals surface area contributed by atoms with Gasteiger partial charge in [-0.3, -0.25) is 29.5 Å². The normalized spacial score (nSPS) is 10.4. The van der Waals surface area contributed by atoms with E-state index in [1.54, 1.807) is 13.1 Å². The average molecular weight is 420 g/mol. The Morgan fingerprint density at radius 1 is 1.03 bits per heavy atom. The van der Waals surface area contributed by atoms with E-state index in [-0.39, 0.29) is 24.4 Å². The largest absolute Gasteiger partial charge is 0.481 e. The van der Waals surface area contributed by atoms with Gasteiger partial charge in [0.05, 0.1) is 6.42 Å². The first kappa shape index (κ1) is 21.4. The van der Waals surface area contributed by atoms with Crippen LogP contribution in [0.2, 0.25) is 0 Å². The summed E-state index contributed by atoms with van der Waals surface area (Å²) >= 11 is 0. The number of nitrogens with zero attached hydrogens (tertiary/aromatic N) is 2. The molecule has 0 atom stereocenters. The molecular formula is C22H20N4O5. The Bertz CT molecular complexity index is 1170. The molecule has 1 heterocycles. The standard InChI is InChI=1S/C22H20N4O5/c1-26(16-9-5-8-15(12-16)14-6-3-2-4-7-14)21(31)17-13-23-22(25-20(17)30)24-18(27)10-11-19(28)29/h2-9,12-13H,10-11H2,1H3,(H,28,29)(H2,23,24,25,27,30). The quantitative estimate of drug-likeness (QED) is 0.538. The number of aromatic nitrogens is 2. The molecule has 0 aliphatic rings. The van der Waals surface area contributed by atoms with Crippen molar-refractivity contribution in [2.45, 2.75) is 12.8 Å². The maximum Gasteiger partial charge on any atom is 0.303 e. The Hall–Kier alpha value is -4.27. The molecule has 0 saturated heterocycles. The molecule has 3 rings (SSSR count). The van der Waals surface area contributed by atoms with Crippen molar-refractivity contribution in [2.24, 2.45) is 0 Å². The van der Waals surface area contributed by atoms with Gasteiger partial charge in [-0.25, -0.2) is 4.98 Å². The molecule has 0 saturated carbocycles. The van der Waals surface area contributed by atoms with Crippen LogP contribution in [0, 0.1) is 0 Å². The number of rotatable bonds is 7. The minimum Gasteiger partial charge on any atom is -0.481 e. The summed E-state index contributed by atoms with van der Waals surface area (Å²) in [7, 11) is 1.55. The van der Waals surface area contributed by atoms with E-state index in [2.05, 4.69) is 15.3 Å². The highest BCUT2D eigenvalue weighted by Gasteiger charge is 2.19. The second-order valence-electron chi connectivity index (χ2n) is 6.70. The van der Waals surface area contributed by atoms with Crippen molar-refractivity contribution >= 4 is 29.4 Å². The number of carbonyl (C=O) groups excluding carboxylic acids is 2. The highest BCUT2D eigenvalue weighted by Crippen LogP contribution is 2.24. The molecule has 9 heteroatoms. The summed E-state index contributed by atoms with van der Waals surface area (Å²) in [5, 5.41) is 10.9. The number of hydrogen-bond acceptors (Lipinski definition) is 5. The number of benzene rings is 2. The fourth-order valence-corrected chi connectivity index (χ4v) is 2.85. The molecule has 0 radical (unpaired) electrons. The maximum absolute atomic E-state index is 12.8. The zero-order valence-corrected chi connectivity index (χ0v) is 16.7. The predicted molar refractivity (Wildman–Crippen MR) is 115 cm³/mol. The van der Waals surface area contributed by atoms with Crippen LogP contribution in [-0.4, -0.2) is 39.9 Å². The number of aliphatic carboxylic acids is 1. The van der Waals surface area contributed by atoms with Crippen LogP contribution in [0.15, 0.2) is 65.6 Å². The number of carboxylic acid groups (broad SMARTS) is 1. The van der Waals surface area contributed by atoms with Crippen molar-refractivity contribution < 1.29 is 19.5 Å². The lowest BCUT2D eigenvalue weighted by Crippen LogP contribution is -2.32. The second-order valence-corrected chi connectivity index (χ2v) is 6.70. The van der Waals surface area contributed by atoms with E-state index in [1.165, 1.54) is 4.90 Å². The Morgan fingerprint density at radius 2 is 1.74 bits per heavy atom. The molecule has 9 nitrogen and oxygen atoms in total. The van der Waals surface area contributed by atoms with E-state index in [4.69, 9.17) is 5.11 Å². The number of amides is 2. The van der Waals surface area contributed by atoms with Crippen LogP contribution in [0.1, 0.15) is 23.2 Å². The van der Waals surface area contributed by atoms with Crippen LogP contribution >= 0.6 is 0 Å². The van der Waals surface area contributed by atoms with Gasteiger partial charge in [-0.1, -0.05) is 42.5 Å². The minimum atomic E-state index is -1.11. The molecule has 0 unspecified atom stereocenters. The van der Waals surface area contributed by atoms with Crippen molar-refractivity contribution in [3.63, 3.8) is 0 Å². The summed E-state index contributed by atoms with van der Waals surface area (Å²) in [5.74, 6) is -2.45. The first-order valence-electron chi connectivity index (χ1n) is 9.39. The van der Waals surface area contributed by atoms with Gasteiger partial charge in [-0.15, -0.1) is 0 Å². The molecule has 0 bridgehead atoms. The fraction of sp³-hybridized carbons (Fsp3) is 0.136. The molecule has 3 aromatic rings. The highest BCUT2D eigenvalue weighted by atomic mass is 16.4. The van der Waals surface area contributed by atoms with Crippen LogP contribution in [0.25, 0.3) is 11.1 Å². The van der Waals surface area contributed by atoms with Crippen LogP contribution in [0.5, 0.6) is 0 Å². The van der Waals surface area contributed by atoms with Crippen LogP contribution in [0.3, 0.4) is 0 Å². The lowest BCUT2D eigenvalue weighted by molar-refractivity contribution is -0.138. The molecule has 0 aliphatic heterocycles. The summed E-state index contributed by atoms with van der Waals surface area (Å²) in [6, 6.07) is 17.0. The predicted octanol–water partition coefficient (Wildman–Crippen LogP) is 2.52. The third-order valence-electron chi connectivity index (χ3n) is 4.50. The molecule has 0 spiro atoms. The molecule has 3 N–H and O–H groups in total. The lowest BCUT2D eigenvalue weighted by atomic mass is 10.0. The van der Waals surface area contributed by atoms with Gasteiger partial charge in [0.2, 0.25) is 11.9 Å². The number of anilines is 2. The van der Waals surface area contributed by atoms with Crippen LogP contribution in [0.4, 0.5) is 11.6 Å². The lowest BCUT2D eigenvalue weighted by Gasteiger charge is -2.18. The fourth-order valence-electron chi connectivity index (χ4n) is 2.85. The van der Waals surface area contributed by atoms with Gasteiger partial charge in [0.15, 0.2) is 0 Å². The summed E-state index contributed by atoms with van der Waals surface area (Å²) in [4.78, 5) is 54.9. The van der Waals surface area contributed by atoms with E-state index in [0.717, 1.165) is 17.3 Å². The van der Waals surface area contributed by atoms with Crippen LogP contribution < -0.4 is 15.8 Å². The Balaban J connectivity index is 1.76. The number of carbonyl (C=O) groups is 3. The van der Waals surface area contributed by atoms with Crippen molar-refractivity contribution in [3.8, 4) is 11.1 Å². The van der Waals surface area contributed by atoms with Gasteiger partial charge in [0, 0.05) is 25.4 Å². The topological polar surface area (TPSA) is 132 Å². The van der Waals surface area contributed by atoms with Crippen molar-refractivity contribution in [1.29, 1.82) is 0 Å². The number of aromatic amines is 1. The van der Waals surface area contributed by atoms with Gasteiger partial charge in [-0.05, 0) is 23.3 Å². The van der Waals surface area contributed by atoms with E-state index in [0.29, 0.717) is 5.69 Å². The van der Waals surface area contributed by atoms with Gasteiger partial charge in [0.1, 0.15) is 5.56 Å². The summed E-state index contributed by atoms with van der Waals surface area (Å²) in [5.41, 5.74) is 1.59. The first-order chi connectivity index (χ1) is 14.8. The highest BCUT2D eigenvalue weighted by molar-refractivity contribution is 6.05. The van der Waals surface area contributed by atoms with E-state index >= 15 is 0 Å². The molecule has 0 aliphatic carbocycles. The number of hydrogen-bond donors (Lipinski definition) is 3. The molecular weight excluding hydrogens is 400 g/mol.